The predicted molar refractivity (Wildman–Crippen MR) is 136 cm³/mol. The van der Waals surface area contributed by atoms with E-state index in [9.17, 15) is 14.4 Å². The Balaban J connectivity index is 1.82. The van der Waals surface area contributed by atoms with Crippen LogP contribution in [0.15, 0.2) is 48.5 Å². The molecule has 10 nitrogen and oxygen atoms in total. The minimum atomic E-state index is -1.31. The van der Waals surface area contributed by atoms with E-state index in [2.05, 4.69) is 9.69 Å². The van der Waals surface area contributed by atoms with Crippen LogP contribution in [-0.4, -0.2) is 48.5 Å². The molecule has 0 bridgehead atoms. The van der Waals surface area contributed by atoms with Gasteiger partial charge in [-0.1, -0.05) is 24.3 Å². The van der Waals surface area contributed by atoms with Crippen LogP contribution in [0.4, 0.5) is 15.8 Å². The Hall–Kier alpha value is -4.03. The number of nitrogens with two attached hydrogens (primary N) is 2. The van der Waals surface area contributed by atoms with Crippen LogP contribution in [0.3, 0.4) is 0 Å². The van der Waals surface area contributed by atoms with Crippen LogP contribution in [0.5, 0.6) is 5.75 Å². The van der Waals surface area contributed by atoms with Gasteiger partial charge in [-0.05, 0) is 54.2 Å². The van der Waals surface area contributed by atoms with Gasteiger partial charge in [-0.25, -0.2) is 4.39 Å². The number of halogens is 1. The fraction of sp³-hybridized carbons (Fsp3) is 0.280. The Morgan fingerprint density at radius 3 is 2.57 bits per heavy atom. The topological polar surface area (TPSA) is 150 Å². The van der Waals surface area contributed by atoms with Crippen molar-refractivity contribution in [3.05, 3.63) is 70.5 Å². The third-order valence-corrected chi connectivity index (χ3v) is 6.80. The van der Waals surface area contributed by atoms with E-state index in [1.165, 1.54) is 25.3 Å². The molecule has 1 aromatic heterocycles. The first-order valence-electron chi connectivity index (χ1n) is 11.5. The van der Waals surface area contributed by atoms with Crippen molar-refractivity contribution < 1.29 is 28.2 Å². The molecule has 0 aliphatic carbocycles. The van der Waals surface area contributed by atoms with Gasteiger partial charge in [0.1, 0.15) is 22.5 Å². The Morgan fingerprint density at radius 2 is 1.97 bits per heavy atom. The van der Waals surface area contributed by atoms with Gasteiger partial charge in [-0.3, -0.25) is 19.3 Å². The molecule has 0 unspecified atom stereocenters. The molecular formula is C25H26FN5O5S. The van der Waals surface area contributed by atoms with Gasteiger partial charge in [0.2, 0.25) is 5.91 Å². The van der Waals surface area contributed by atoms with E-state index < -0.39 is 29.6 Å². The van der Waals surface area contributed by atoms with Crippen LogP contribution in [0.1, 0.15) is 44.6 Å². The van der Waals surface area contributed by atoms with Crippen molar-refractivity contribution in [3.8, 4) is 5.75 Å². The van der Waals surface area contributed by atoms with Crippen molar-refractivity contribution in [1.29, 1.82) is 0 Å². The van der Waals surface area contributed by atoms with Crippen molar-refractivity contribution in [2.45, 2.75) is 25.0 Å². The van der Waals surface area contributed by atoms with Crippen LogP contribution < -0.4 is 26.4 Å². The van der Waals surface area contributed by atoms with Gasteiger partial charge < -0.3 is 26.3 Å². The summed E-state index contributed by atoms with van der Waals surface area (Å²) in [5.41, 5.74) is 11.1. The molecule has 1 aliphatic rings. The Morgan fingerprint density at radius 1 is 1.24 bits per heavy atom. The van der Waals surface area contributed by atoms with Gasteiger partial charge in [-0.2, -0.15) is 4.37 Å². The van der Waals surface area contributed by atoms with E-state index in [0.717, 1.165) is 17.7 Å². The summed E-state index contributed by atoms with van der Waals surface area (Å²) in [5, 5.41) is 2.84. The number of methoxy groups -OCH3 is 1. The number of aromatic nitrogens is 1. The number of hydrogen-bond acceptors (Lipinski definition) is 8. The van der Waals surface area contributed by atoms with Crippen LogP contribution in [0.25, 0.3) is 0 Å². The number of benzene rings is 2. The molecule has 0 radical (unpaired) electrons. The van der Waals surface area contributed by atoms with Crippen LogP contribution in [0, 0.1) is 5.82 Å². The molecular weight excluding hydrogens is 501 g/mol. The largest absolute Gasteiger partial charge is 0.497 e. The molecule has 5 N–H and O–H groups in total. The van der Waals surface area contributed by atoms with Gasteiger partial charge in [0.25, 0.3) is 11.8 Å². The van der Waals surface area contributed by atoms with E-state index >= 15 is 4.39 Å². The molecule has 1 saturated heterocycles. The van der Waals surface area contributed by atoms with Crippen LogP contribution in [-0.2, 0) is 9.53 Å². The first kappa shape index (κ1) is 26.0. The van der Waals surface area contributed by atoms with Gasteiger partial charge in [0, 0.05) is 13.2 Å². The van der Waals surface area contributed by atoms with E-state index in [4.69, 9.17) is 20.9 Å². The highest BCUT2D eigenvalue weighted by atomic mass is 32.1. The lowest BCUT2D eigenvalue weighted by Crippen LogP contribution is -2.46. The van der Waals surface area contributed by atoms with Gasteiger partial charge in [-0.15, -0.1) is 0 Å². The number of ether oxygens (including phenoxy) is 2. The number of nitrogens with zero attached hydrogens (tertiary/aromatic N) is 2. The fourth-order valence-electron chi connectivity index (χ4n) is 4.07. The van der Waals surface area contributed by atoms with Gasteiger partial charge in [0.15, 0.2) is 5.69 Å². The summed E-state index contributed by atoms with van der Waals surface area (Å²) in [6.07, 6.45) is 1.51. The lowest BCUT2D eigenvalue weighted by molar-refractivity contribution is -0.123. The maximum absolute atomic E-state index is 15.2. The number of hydrogen-bond donors (Lipinski definition) is 3. The van der Waals surface area contributed by atoms with Crippen LogP contribution in [0.2, 0.25) is 0 Å². The van der Waals surface area contributed by atoms with E-state index in [0.29, 0.717) is 29.5 Å². The van der Waals surface area contributed by atoms with E-state index in [1.807, 2.05) is 0 Å². The normalized spacial score (nSPS) is 15.7. The highest BCUT2D eigenvalue weighted by Crippen LogP contribution is 2.35. The smallest absolute Gasteiger partial charge is 0.273 e. The quantitative estimate of drug-likeness (QED) is 0.387. The summed E-state index contributed by atoms with van der Waals surface area (Å²) >= 11 is 0.644. The number of carbonyl (C=O) groups is 3. The number of para-hydroxylation sites is 1. The first-order valence-corrected chi connectivity index (χ1v) is 12.3. The second kappa shape index (κ2) is 11.4. The molecule has 1 aliphatic heterocycles. The number of carbonyl (C=O) groups excluding carboxylic acids is 3. The minimum Gasteiger partial charge on any atom is -0.497 e. The zero-order valence-corrected chi connectivity index (χ0v) is 20.8. The summed E-state index contributed by atoms with van der Waals surface area (Å²) in [7, 11) is 1.50. The van der Waals surface area contributed by atoms with Crippen LogP contribution >= 0.6 is 11.5 Å². The average Bonchev–Trinajstić information content (AvgIpc) is 3.56. The number of nitrogen functional groups attached to an aromatic ring is 1. The molecule has 4 rings (SSSR count). The molecule has 0 spiro atoms. The Kier molecular flexibility index (Phi) is 7.99. The van der Waals surface area contributed by atoms with Crippen molar-refractivity contribution in [3.63, 3.8) is 0 Å². The lowest BCUT2D eigenvalue weighted by Gasteiger charge is -2.31. The van der Waals surface area contributed by atoms with Crippen molar-refractivity contribution >= 4 is 40.6 Å². The molecule has 12 heteroatoms. The molecule has 37 heavy (non-hydrogen) atoms. The molecule has 0 saturated carbocycles. The molecule has 2 aromatic carbocycles. The SMILES string of the molecule is COc1ccc([C@@H](C(=O)NC[C@H]2CCCO2)N(C(=O)c2snc(C(N)=O)c2N)c2ccccc2F)cc1. The summed E-state index contributed by atoms with van der Waals surface area (Å²) in [4.78, 5) is 40.2. The second-order valence-electron chi connectivity index (χ2n) is 8.32. The highest BCUT2D eigenvalue weighted by molar-refractivity contribution is 7.09. The number of amides is 3. The molecule has 2 heterocycles. The lowest BCUT2D eigenvalue weighted by atomic mass is 10.0. The van der Waals surface area contributed by atoms with E-state index in [-0.39, 0.29) is 34.6 Å². The van der Waals surface area contributed by atoms with Gasteiger partial charge >= 0.3 is 0 Å². The number of nitrogens with one attached hydrogen (secondary N) is 1. The van der Waals surface area contributed by atoms with Crippen molar-refractivity contribution in [2.75, 3.05) is 30.9 Å². The third kappa shape index (κ3) is 5.54. The zero-order valence-electron chi connectivity index (χ0n) is 20.0. The fourth-order valence-corrected chi connectivity index (χ4v) is 4.81. The highest BCUT2D eigenvalue weighted by Gasteiger charge is 2.37. The second-order valence-corrected chi connectivity index (χ2v) is 9.09. The Labute approximate surface area is 216 Å². The number of anilines is 2. The predicted octanol–water partition coefficient (Wildman–Crippen LogP) is 2.66. The molecule has 194 valence electrons. The average molecular weight is 528 g/mol. The molecule has 2 atom stereocenters. The number of primary amides is 1. The van der Waals surface area contributed by atoms with Crippen molar-refractivity contribution in [2.24, 2.45) is 5.73 Å². The monoisotopic (exact) mass is 527 g/mol. The summed E-state index contributed by atoms with van der Waals surface area (Å²) < 4.78 is 29.9. The van der Waals surface area contributed by atoms with Gasteiger partial charge in [0.05, 0.1) is 24.6 Å². The third-order valence-electron chi connectivity index (χ3n) is 5.95. The standard InChI is InChI=1S/C25H26FN5O5S/c1-35-15-10-8-14(9-11-15)21(24(33)29-13-16-5-4-12-36-16)31(18-7-3-2-6-17(18)26)25(34)22-19(27)20(23(28)32)30-37-22/h2-3,6-11,16,21H,4-5,12-13,27H2,1H3,(H2,28,32)(H,29,33)/t16-,21+/m1/s1. The number of rotatable bonds is 9. The maximum Gasteiger partial charge on any atom is 0.273 e. The maximum atomic E-state index is 15.2. The Bertz CT molecular complexity index is 1290. The first-order chi connectivity index (χ1) is 17.8. The molecule has 1 fully saturated rings. The summed E-state index contributed by atoms with van der Waals surface area (Å²) in [6.45, 7) is 0.828. The summed E-state index contributed by atoms with van der Waals surface area (Å²) in [5.74, 6) is -2.49. The molecule has 3 amide bonds. The zero-order chi connectivity index (χ0) is 26.5. The van der Waals surface area contributed by atoms with E-state index in [1.54, 1.807) is 30.3 Å². The van der Waals surface area contributed by atoms with Crippen molar-refractivity contribution in [1.82, 2.24) is 9.69 Å². The summed E-state index contributed by atoms with van der Waals surface area (Å²) in [6, 6.07) is 10.7. The minimum absolute atomic E-state index is 0.150. The molecule has 3 aromatic rings.